The molecule has 1 N–H and O–H groups in total. The number of aliphatic hydroxyl groups is 1. The zero-order valence-electron chi connectivity index (χ0n) is 17.4. The Bertz CT molecular complexity index is 956. The second-order valence-electron chi connectivity index (χ2n) is 8.30. The molecular formula is C25H29NO2. The highest BCUT2D eigenvalue weighted by Gasteiger charge is 2.19. The molecule has 0 bridgehead atoms. The van der Waals surface area contributed by atoms with Crippen LogP contribution in [0.25, 0.3) is 11.3 Å². The fourth-order valence-corrected chi connectivity index (χ4v) is 3.31. The van der Waals surface area contributed by atoms with Gasteiger partial charge in [0.1, 0.15) is 12.4 Å². The Kier molecular flexibility index (Phi) is 5.85. The lowest BCUT2D eigenvalue weighted by atomic mass is 9.85. The first-order valence-electron chi connectivity index (χ1n) is 9.69. The van der Waals surface area contributed by atoms with Gasteiger partial charge in [0.05, 0.1) is 12.3 Å². The molecule has 1 heterocycles. The lowest BCUT2D eigenvalue weighted by molar-refractivity contribution is 0.259. The number of aryl methyl sites for hydroxylation is 2. The molecule has 3 heteroatoms. The van der Waals surface area contributed by atoms with Crippen LogP contribution in [0.1, 0.15) is 48.7 Å². The van der Waals surface area contributed by atoms with Crippen LogP contribution in [0, 0.1) is 13.8 Å². The van der Waals surface area contributed by atoms with Crippen LogP contribution in [0.4, 0.5) is 0 Å². The van der Waals surface area contributed by atoms with Gasteiger partial charge in [-0.2, -0.15) is 0 Å². The second-order valence-corrected chi connectivity index (χ2v) is 8.30. The van der Waals surface area contributed by atoms with Crippen LogP contribution < -0.4 is 4.74 Å². The molecule has 3 aromatic rings. The van der Waals surface area contributed by atoms with Crippen molar-refractivity contribution >= 4 is 0 Å². The van der Waals surface area contributed by atoms with Crippen molar-refractivity contribution in [1.29, 1.82) is 0 Å². The maximum absolute atomic E-state index is 10.1. The quantitative estimate of drug-likeness (QED) is 0.619. The molecule has 0 atom stereocenters. The summed E-state index contributed by atoms with van der Waals surface area (Å²) >= 11 is 0. The van der Waals surface area contributed by atoms with Crippen LogP contribution in [-0.4, -0.2) is 10.1 Å². The van der Waals surface area contributed by atoms with Crippen molar-refractivity contribution in [3.8, 4) is 17.0 Å². The first kappa shape index (κ1) is 20.1. The molecule has 0 aliphatic rings. The summed E-state index contributed by atoms with van der Waals surface area (Å²) in [5.41, 5.74) is 7.04. The van der Waals surface area contributed by atoms with Gasteiger partial charge in [0, 0.05) is 22.9 Å². The fourth-order valence-electron chi connectivity index (χ4n) is 3.31. The van der Waals surface area contributed by atoms with E-state index in [1.165, 1.54) is 5.56 Å². The summed E-state index contributed by atoms with van der Waals surface area (Å²) in [4.78, 5) is 4.74. The lowest BCUT2D eigenvalue weighted by Gasteiger charge is -2.21. The van der Waals surface area contributed by atoms with Crippen LogP contribution in [0.2, 0.25) is 0 Å². The Morgan fingerprint density at radius 1 is 0.964 bits per heavy atom. The van der Waals surface area contributed by atoms with Gasteiger partial charge in [0.2, 0.25) is 0 Å². The molecule has 2 aromatic carbocycles. The van der Waals surface area contributed by atoms with Gasteiger partial charge in [-0.05, 0) is 36.0 Å². The maximum atomic E-state index is 10.1. The third-order valence-electron chi connectivity index (χ3n) is 4.95. The molecule has 1 aromatic heterocycles. The van der Waals surface area contributed by atoms with E-state index in [0.29, 0.717) is 12.4 Å². The van der Waals surface area contributed by atoms with Crippen LogP contribution >= 0.6 is 0 Å². The molecule has 0 aliphatic carbocycles. The minimum atomic E-state index is -0.118. The van der Waals surface area contributed by atoms with E-state index in [9.17, 15) is 5.11 Å². The second kappa shape index (κ2) is 8.15. The van der Waals surface area contributed by atoms with Crippen molar-refractivity contribution in [3.63, 3.8) is 0 Å². The number of benzene rings is 2. The first-order chi connectivity index (χ1) is 13.3. The first-order valence-corrected chi connectivity index (χ1v) is 9.69. The number of rotatable bonds is 5. The van der Waals surface area contributed by atoms with Crippen molar-refractivity contribution in [2.24, 2.45) is 0 Å². The van der Waals surface area contributed by atoms with E-state index in [1.54, 1.807) is 0 Å². The Labute approximate surface area is 168 Å². The third-order valence-corrected chi connectivity index (χ3v) is 4.95. The number of hydrogen-bond donors (Lipinski definition) is 1. The average Bonchev–Trinajstić information content (AvgIpc) is 2.66. The largest absolute Gasteiger partial charge is 0.488 e. The van der Waals surface area contributed by atoms with E-state index in [1.807, 2.05) is 43.3 Å². The topological polar surface area (TPSA) is 42.4 Å². The summed E-state index contributed by atoms with van der Waals surface area (Å²) in [5, 5.41) is 10.1. The smallest absolute Gasteiger partial charge is 0.129 e. The molecule has 0 radical (unpaired) electrons. The summed E-state index contributed by atoms with van der Waals surface area (Å²) in [6.45, 7) is 11.0. The summed E-state index contributed by atoms with van der Waals surface area (Å²) < 4.78 is 6.07. The van der Waals surface area contributed by atoms with Gasteiger partial charge in [-0.1, -0.05) is 69.3 Å². The van der Waals surface area contributed by atoms with Crippen molar-refractivity contribution in [3.05, 3.63) is 82.5 Å². The normalized spacial score (nSPS) is 11.5. The number of pyridine rings is 1. The highest BCUT2D eigenvalue weighted by atomic mass is 16.5. The van der Waals surface area contributed by atoms with Gasteiger partial charge in [-0.3, -0.25) is 4.98 Å². The van der Waals surface area contributed by atoms with Gasteiger partial charge in [-0.15, -0.1) is 0 Å². The summed E-state index contributed by atoms with van der Waals surface area (Å²) in [6.07, 6.45) is 0. The molecule has 0 saturated carbocycles. The van der Waals surface area contributed by atoms with Crippen LogP contribution in [0.3, 0.4) is 0 Å². The number of aliphatic hydroxyl groups excluding tert-OH is 1. The third kappa shape index (κ3) is 4.42. The Morgan fingerprint density at radius 3 is 2.29 bits per heavy atom. The monoisotopic (exact) mass is 375 g/mol. The highest BCUT2D eigenvalue weighted by molar-refractivity contribution is 5.70. The molecule has 3 rings (SSSR count). The number of aromatic nitrogens is 1. The number of ether oxygens (including phenoxy) is 1. The van der Waals surface area contributed by atoms with Crippen molar-refractivity contribution in [1.82, 2.24) is 4.98 Å². The Balaban J connectivity index is 2.01. The molecule has 0 spiro atoms. The minimum Gasteiger partial charge on any atom is -0.488 e. The number of hydrogen-bond acceptors (Lipinski definition) is 3. The van der Waals surface area contributed by atoms with E-state index in [2.05, 4.69) is 45.9 Å². The predicted molar refractivity (Wildman–Crippen MR) is 115 cm³/mol. The van der Waals surface area contributed by atoms with Crippen molar-refractivity contribution in [2.45, 2.75) is 53.2 Å². The van der Waals surface area contributed by atoms with Gasteiger partial charge in [-0.25, -0.2) is 0 Å². The maximum Gasteiger partial charge on any atom is 0.129 e. The Morgan fingerprint density at radius 2 is 1.68 bits per heavy atom. The van der Waals surface area contributed by atoms with Gasteiger partial charge in [0.25, 0.3) is 0 Å². The van der Waals surface area contributed by atoms with Crippen molar-refractivity contribution in [2.75, 3.05) is 0 Å². The van der Waals surface area contributed by atoms with E-state index < -0.39 is 0 Å². The van der Waals surface area contributed by atoms with Crippen LogP contribution in [0.15, 0.2) is 54.6 Å². The zero-order chi connectivity index (χ0) is 20.3. The van der Waals surface area contributed by atoms with E-state index in [-0.39, 0.29) is 12.0 Å². The molecular weight excluding hydrogens is 346 g/mol. The number of nitrogens with zero attached hydrogens (tertiary/aromatic N) is 1. The van der Waals surface area contributed by atoms with E-state index in [0.717, 1.165) is 33.6 Å². The van der Waals surface area contributed by atoms with E-state index in [4.69, 9.17) is 9.72 Å². The summed E-state index contributed by atoms with van der Waals surface area (Å²) in [7, 11) is 0. The SMILES string of the molecule is Cc1cc(OCc2ccccc2)c(CO)c(-c2ccc(C(C)(C)C)cc2C)n1. The standard InChI is InChI=1S/C25H29NO2/c1-17-13-20(25(3,4)5)11-12-21(17)24-22(15-27)23(14-18(2)26-24)28-16-19-9-7-6-8-10-19/h6-14,27H,15-16H2,1-5H3. The van der Waals surface area contributed by atoms with Crippen LogP contribution in [0.5, 0.6) is 5.75 Å². The molecule has 28 heavy (non-hydrogen) atoms. The zero-order valence-corrected chi connectivity index (χ0v) is 17.4. The van der Waals surface area contributed by atoms with Gasteiger partial charge in [0.15, 0.2) is 0 Å². The minimum absolute atomic E-state index is 0.0904. The van der Waals surface area contributed by atoms with Gasteiger partial charge >= 0.3 is 0 Å². The van der Waals surface area contributed by atoms with Gasteiger partial charge < -0.3 is 9.84 Å². The lowest BCUT2D eigenvalue weighted by Crippen LogP contribution is -2.11. The molecule has 0 amide bonds. The molecule has 0 saturated heterocycles. The van der Waals surface area contributed by atoms with E-state index >= 15 is 0 Å². The summed E-state index contributed by atoms with van der Waals surface area (Å²) in [5.74, 6) is 0.688. The molecule has 0 aliphatic heterocycles. The predicted octanol–water partition coefficient (Wildman–Crippen LogP) is 5.73. The summed E-state index contributed by atoms with van der Waals surface area (Å²) in [6, 6.07) is 18.4. The average molecular weight is 376 g/mol. The molecule has 3 nitrogen and oxygen atoms in total. The molecule has 146 valence electrons. The molecule has 0 unspecified atom stereocenters. The molecule has 0 fully saturated rings. The van der Waals surface area contributed by atoms with Crippen molar-refractivity contribution < 1.29 is 9.84 Å². The Hall–Kier alpha value is -2.65. The van der Waals surface area contributed by atoms with Crippen LogP contribution in [-0.2, 0) is 18.6 Å². The fraction of sp³-hybridized carbons (Fsp3) is 0.320. The highest BCUT2D eigenvalue weighted by Crippen LogP contribution is 2.34.